The van der Waals surface area contributed by atoms with Crippen LogP contribution in [-0.4, -0.2) is 43.9 Å². The second-order valence-electron chi connectivity index (χ2n) is 7.24. The molecule has 0 radical (unpaired) electrons. The first-order chi connectivity index (χ1) is 14.8. The van der Waals surface area contributed by atoms with Crippen molar-refractivity contribution >= 4 is 23.1 Å². The highest BCUT2D eigenvalue weighted by atomic mass is 16.7. The van der Waals surface area contributed by atoms with Crippen molar-refractivity contribution in [3.8, 4) is 11.5 Å². The lowest BCUT2D eigenvalue weighted by Crippen LogP contribution is -2.46. The minimum atomic E-state index is -0.209. The SMILES string of the molecule is O=C(Nc1ccc(N2CCN(c3ccccc3)CC2)nc1)c1ccc2c(c1)OCO2. The van der Waals surface area contributed by atoms with E-state index in [0.29, 0.717) is 22.7 Å². The fraction of sp³-hybridized carbons (Fsp3) is 0.217. The van der Waals surface area contributed by atoms with Gasteiger partial charge in [0.05, 0.1) is 11.9 Å². The number of carbonyl (C=O) groups is 1. The molecule has 5 rings (SSSR count). The van der Waals surface area contributed by atoms with Gasteiger partial charge in [0.25, 0.3) is 5.91 Å². The number of hydrogen-bond acceptors (Lipinski definition) is 6. The minimum absolute atomic E-state index is 0.186. The Morgan fingerprint density at radius 1 is 0.867 bits per heavy atom. The van der Waals surface area contributed by atoms with E-state index in [1.807, 2.05) is 18.2 Å². The summed E-state index contributed by atoms with van der Waals surface area (Å²) in [5.74, 6) is 1.96. The molecule has 2 aromatic carbocycles. The number of carbonyl (C=O) groups excluding carboxylic acids is 1. The Labute approximate surface area is 174 Å². The zero-order valence-electron chi connectivity index (χ0n) is 16.5. The highest BCUT2D eigenvalue weighted by molar-refractivity contribution is 6.04. The smallest absolute Gasteiger partial charge is 0.255 e. The maximum Gasteiger partial charge on any atom is 0.255 e. The molecule has 3 heterocycles. The normalized spacial score (nSPS) is 15.2. The molecule has 30 heavy (non-hydrogen) atoms. The van der Waals surface area contributed by atoms with Gasteiger partial charge in [-0.05, 0) is 42.5 Å². The number of nitrogens with one attached hydrogen (secondary N) is 1. The van der Waals surface area contributed by atoms with Crippen LogP contribution in [0.2, 0.25) is 0 Å². The van der Waals surface area contributed by atoms with Crippen LogP contribution in [0.15, 0.2) is 66.9 Å². The number of benzene rings is 2. The van der Waals surface area contributed by atoms with Gasteiger partial charge in [-0.2, -0.15) is 0 Å². The largest absolute Gasteiger partial charge is 0.454 e. The molecule has 0 unspecified atom stereocenters. The number of aromatic nitrogens is 1. The molecule has 0 saturated carbocycles. The monoisotopic (exact) mass is 402 g/mol. The first kappa shape index (κ1) is 18.3. The summed E-state index contributed by atoms with van der Waals surface area (Å²) in [7, 11) is 0. The number of fused-ring (bicyclic) bond motifs is 1. The van der Waals surface area contributed by atoms with Crippen LogP contribution < -0.4 is 24.6 Å². The summed E-state index contributed by atoms with van der Waals surface area (Å²) in [5, 5.41) is 2.88. The molecule has 0 aliphatic carbocycles. The third-order valence-corrected chi connectivity index (χ3v) is 5.37. The number of pyridine rings is 1. The zero-order chi connectivity index (χ0) is 20.3. The molecule has 2 aliphatic heterocycles. The minimum Gasteiger partial charge on any atom is -0.454 e. The van der Waals surface area contributed by atoms with Crippen LogP contribution in [0.1, 0.15) is 10.4 Å². The number of hydrogen-bond donors (Lipinski definition) is 1. The molecule has 2 aliphatic rings. The van der Waals surface area contributed by atoms with E-state index in [9.17, 15) is 4.79 Å². The molecule has 152 valence electrons. The lowest BCUT2D eigenvalue weighted by molar-refractivity contribution is 0.102. The van der Waals surface area contributed by atoms with Crippen LogP contribution in [0, 0.1) is 0 Å². The average Bonchev–Trinajstić information content (AvgIpc) is 3.28. The number of ether oxygens (including phenoxy) is 2. The second kappa shape index (κ2) is 7.94. The molecular formula is C23H22N4O3. The van der Waals surface area contributed by atoms with Gasteiger partial charge in [-0.25, -0.2) is 4.98 Å². The summed E-state index contributed by atoms with van der Waals surface area (Å²) in [5.41, 5.74) is 2.43. The molecule has 7 heteroatoms. The lowest BCUT2D eigenvalue weighted by Gasteiger charge is -2.36. The summed E-state index contributed by atoms with van der Waals surface area (Å²) < 4.78 is 10.6. The van der Waals surface area contributed by atoms with Crippen molar-refractivity contribution in [2.75, 3.05) is 48.1 Å². The van der Waals surface area contributed by atoms with E-state index in [-0.39, 0.29) is 12.7 Å². The van der Waals surface area contributed by atoms with Crippen LogP contribution in [0.3, 0.4) is 0 Å². The summed E-state index contributed by atoms with van der Waals surface area (Å²) in [4.78, 5) is 21.7. The summed E-state index contributed by atoms with van der Waals surface area (Å²) >= 11 is 0. The number of amides is 1. The first-order valence-corrected chi connectivity index (χ1v) is 9.98. The van der Waals surface area contributed by atoms with Crippen molar-refractivity contribution in [2.45, 2.75) is 0 Å². The van der Waals surface area contributed by atoms with E-state index in [4.69, 9.17) is 9.47 Å². The fourth-order valence-electron chi connectivity index (χ4n) is 3.72. The van der Waals surface area contributed by atoms with E-state index < -0.39 is 0 Å². The third kappa shape index (κ3) is 3.74. The topological polar surface area (TPSA) is 66.9 Å². The van der Waals surface area contributed by atoms with Crippen LogP contribution in [0.25, 0.3) is 0 Å². The van der Waals surface area contributed by atoms with E-state index in [2.05, 4.69) is 44.4 Å². The molecule has 0 atom stereocenters. The van der Waals surface area contributed by atoms with E-state index in [1.165, 1.54) is 5.69 Å². The summed E-state index contributed by atoms with van der Waals surface area (Å²) in [6, 6.07) is 19.5. The van der Waals surface area contributed by atoms with E-state index in [1.54, 1.807) is 24.4 Å². The van der Waals surface area contributed by atoms with Gasteiger partial charge in [-0.1, -0.05) is 18.2 Å². The first-order valence-electron chi connectivity index (χ1n) is 9.98. The predicted molar refractivity (Wildman–Crippen MR) is 116 cm³/mol. The molecule has 1 aromatic heterocycles. The number of para-hydroxylation sites is 1. The second-order valence-corrected chi connectivity index (χ2v) is 7.24. The van der Waals surface area contributed by atoms with Crippen LogP contribution in [0.4, 0.5) is 17.2 Å². The van der Waals surface area contributed by atoms with Gasteiger partial charge >= 0.3 is 0 Å². The van der Waals surface area contributed by atoms with Crippen molar-refractivity contribution in [1.29, 1.82) is 0 Å². The van der Waals surface area contributed by atoms with Gasteiger partial charge in [0, 0.05) is 37.4 Å². The Morgan fingerprint density at radius 2 is 1.63 bits per heavy atom. The Balaban J connectivity index is 1.19. The van der Waals surface area contributed by atoms with Crippen molar-refractivity contribution in [3.05, 3.63) is 72.4 Å². The molecular weight excluding hydrogens is 380 g/mol. The molecule has 1 fully saturated rings. The van der Waals surface area contributed by atoms with Crippen molar-refractivity contribution < 1.29 is 14.3 Å². The maximum absolute atomic E-state index is 12.5. The lowest BCUT2D eigenvalue weighted by atomic mass is 10.2. The number of nitrogens with zero attached hydrogens (tertiary/aromatic N) is 3. The quantitative estimate of drug-likeness (QED) is 0.722. The number of rotatable bonds is 4. The average molecular weight is 402 g/mol. The Kier molecular flexibility index (Phi) is 4.85. The Hall–Kier alpha value is -3.74. The maximum atomic E-state index is 12.5. The highest BCUT2D eigenvalue weighted by Gasteiger charge is 2.19. The standard InChI is InChI=1S/C23H22N4O3/c28-23(17-6-8-20-21(14-17)30-16-29-20)25-18-7-9-22(24-15-18)27-12-10-26(11-13-27)19-4-2-1-3-5-19/h1-9,14-15H,10-13,16H2,(H,25,28). The highest BCUT2D eigenvalue weighted by Crippen LogP contribution is 2.32. The van der Waals surface area contributed by atoms with E-state index in [0.717, 1.165) is 32.0 Å². The zero-order valence-corrected chi connectivity index (χ0v) is 16.5. The molecule has 1 saturated heterocycles. The van der Waals surface area contributed by atoms with Crippen LogP contribution in [0.5, 0.6) is 11.5 Å². The molecule has 3 aromatic rings. The molecule has 1 N–H and O–H groups in total. The van der Waals surface area contributed by atoms with Crippen molar-refractivity contribution in [3.63, 3.8) is 0 Å². The molecule has 1 amide bonds. The van der Waals surface area contributed by atoms with Gasteiger partial charge in [0.15, 0.2) is 11.5 Å². The summed E-state index contributed by atoms with van der Waals surface area (Å²) in [6.07, 6.45) is 1.70. The number of piperazine rings is 1. The third-order valence-electron chi connectivity index (χ3n) is 5.37. The van der Waals surface area contributed by atoms with Gasteiger partial charge in [0.2, 0.25) is 6.79 Å². The predicted octanol–water partition coefficient (Wildman–Crippen LogP) is 3.39. The van der Waals surface area contributed by atoms with Gasteiger partial charge in [-0.15, -0.1) is 0 Å². The number of anilines is 3. The van der Waals surface area contributed by atoms with E-state index >= 15 is 0 Å². The van der Waals surface area contributed by atoms with Gasteiger partial charge < -0.3 is 24.6 Å². The van der Waals surface area contributed by atoms with Gasteiger partial charge in [-0.3, -0.25) is 4.79 Å². The molecule has 0 spiro atoms. The summed E-state index contributed by atoms with van der Waals surface area (Å²) in [6.45, 7) is 3.91. The van der Waals surface area contributed by atoms with Gasteiger partial charge in [0.1, 0.15) is 5.82 Å². The fourth-order valence-corrected chi connectivity index (χ4v) is 3.72. The van der Waals surface area contributed by atoms with Crippen LogP contribution in [-0.2, 0) is 0 Å². The van der Waals surface area contributed by atoms with Crippen molar-refractivity contribution in [2.24, 2.45) is 0 Å². The van der Waals surface area contributed by atoms with Crippen LogP contribution >= 0.6 is 0 Å². The molecule has 7 nitrogen and oxygen atoms in total. The Bertz CT molecular complexity index is 1030. The Morgan fingerprint density at radius 3 is 2.40 bits per heavy atom. The molecule has 0 bridgehead atoms. The van der Waals surface area contributed by atoms with Crippen molar-refractivity contribution in [1.82, 2.24) is 4.98 Å².